The minimum atomic E-state index is -4.73. The monoisotopic (exact) mass is 423 g/mol. The topological polar surface area (TPSA) is 71.8 Å². The molecule has 0 aliphatic carbocycles. The van der Waals surface area contributed by atoms with Crippen molar-refractivity contribution in [3.05, 3.63) is 69.6 Å². The lowest BCUT2D eigenvalue weighted by Crippen LogP contribution is -2.31. The SMILES string of the molecule is CC1=C(C(=O)Nc2ccc(F)cc2)C(c2cccs2)n2nc(C(F)(F)F)nc2N1. The zero-order chi connectivity index (χ0) is 20.8. The third kappa shape index (κ3) is 3.60. The van der Waals surface area contributed by atoms with Gasteiger partial charge in [-0.1, -0.05) is 6.07 Å². The molecule has 0 radical (unpaired) electrons. The van der Waals surface area contributed by atoms with Gasteiger partial charge in [0.25, 0.3) is 11.7 Å². The van der Waals surface area contributed by atoms with E-state index < -0.39 is 29.8 Å². The molecule has 0 fully saturated rings. The van der Waals surface area contributed by atoms with Gasteiger partial charge in [-0.05, 0) is 42.6 Å². The minimum Gasteiger partial charge on any atom is -0.328 e. The van der Waals surface area contributed by atoms with Crippen molar-refractivity contribution >= 4 is 28.9 Å². The molecule has 0 spiro atoms. The molecule has 1 aliphatic heterocycles. The number of nitrogens with zero attached hydrogens (tertiary/aromatic N) is 3. The minimum absolute atomic E-state index is 0.105. The highest BCUT2D eigenvalue weighted by atomic mass is 32.1. The van der Waals surface area contributed by atoms with Crippen molar-refractivity contribution < 1.29 is 22.4 Å². The molecule has 6 nitrogen and oxygen atoms in total. The van der Waals surface area contributed by atoms with E-state index in [2.05, 4.69) is 20.7 Å². The lowest BCUT2D eigenvalue weighted by atomic mass is 10.0. The molecule has 29 heavy (non-hydrogen) atoms. The van der Waals surface area contributed by atoms with Gasteiger partial charge in [-0.2, -0.15) is 18.2 Å². The van der Waals surface area contributed by atoms with Gasteiger partial charge in [-0.15, -0.1) is 16.4 Å². The molecular formula is C18H13F4N5OS. The Balaban J connectivity index is 1.76. The van der Waals surface area contributed by atoms with Gasteiger partial charge in [-0.3, -0.25) is 4.79 Å². The third-order valence-corrected chi connectivity index (χ3v) is 5.19. The van der Waals surface area contributed by atoms with Gasteiger partial charge in [-0.25, -0.2) is 9.07 Å². The average Bonchev–Trinajstić information content (AvgIpc) is 3.31. The highest BCUT2D eigenvalue weighted by Crippen LogP contribution is 2.39. The summed E-state index contributed by atoms with van der Waals surface area (Å²) in [5, 5.41) is 10.7. The number of benzene rings is 1. The van der Waals surface area contributed by atoms with E-state index in [0.29, 0.717) is 16.3 Å². The molecule has 1 aromatic carbocycles. The van der Waals surface area contributed by atoms with Crippen molar-refractivity contribution in [2.24, 2.45) is 0 Å². The van der Waals surface area contributed by atoms with Crippen LogP contribution in [0.25, 0.3) is 0 Å². The zero-order valence-corrected chi connectivity index (χ0v) is 15.6. The molecule has 150 valence electrons. The fourth-order valence-electron chi connectivity index (χ4n) is 3.01. The van der Waals surface area contributed by atoms with E-state index >= 15 is 0 Å². The first kappa shape index (κ1) is 19.1. The number of carbonyl (C=O) groups is 1. The number of aromatic nitrogens is 3. The van der Waals surface area contributed by atoms with Crippen LogP contribution in [0.3, 0.4) is 0 Å². The number of carbonyl (C=O) groups excluding carboxylic acids is 1. The largest absolute Gasteiger partial charge is 0.453 e. The van der Waals surface area contributed by atoms with Crippen molar-refractivity contribution in [3.8, 4) is 0 Å². The Morgan fingerprint density at radius 2 is 1.97 bits per heavy atom. The molecule has 1 atom stereocenters. The Labute approximate surface area is 165 Å². The van der Waals surface area contributed by atoms with Crippen molar-refractivity contribution in [2.75, 3.05) is 10.6 Å². The van der Waals surface area contributed by atoms with Crippen LogP contribution in [-0.4, -0.2) is 20.7 Å². The van der Waals surface area contributed by atoms with Crippen molar-refractivity contribution in [3.63, 3.8) is 0 Å². The maximum atomic E-state index is 13.1. The van der Waals surface area contributed by atoms with Crippen LogP contribution in [0.15, 0.2) is 53.0 Å². The summed E-state index contributed by atoms with van der Waals surface area (Å²) in [6.07, 6.45) is -4.73. The summed E-state index contributed by atoms with van der Waals surface area (Å²) >= 11 is 1.28. The van der Waals surface area contributed by atoms with E-state index in [0.717, 1.165) is 4.68 Å². The predicted molar refractivity (Wildman–Crippen MR) is 98.8 cm³/mol. The Bertz CT molecular complexity index is 1090. The van der Waals surface area contributed by atoms with E-state index in [4.69, 9.17) is 0 Å². The molecule has 4 rings (SSSR count). The number of thiophene rings is 1. The molecule has 1 aliphatic rings. The van der Waals surface area contributed by atoms with Crippen LogP contribution >= 0.6 is 11.3 Å². The quantitative estimate of drug-likeness (QED) is 0.612. The Morgan fingerprint density at radius 1 is 1.24 bits per heavy atom. The summed E-state index contributed by atoms with van der Waals surface area (Å²) in [5.74, 6) is -2.41. The molecule has 0 saturated carbocycles. The molecule has 2 N–H and O–H groups in total. The van der Waals surface area contributed by atoms with Crippen molar-refractivity contribution in [2.45, 2.75) is 19.1 Å². The predicted octanol–water partition coefficient (Wildman–Crippen LogP) is 4.43. The lowest BCUT2D eigenvalue weighted by Gasteiger charge is -2.27. The highest BCUT2D eigenvalue weighted by Gasteiger charge is 2.41. The van der Waals surface area contributed by atoms with Gasteiger partial charge in [0.15, 0.2) is 0 Å². The van der Waals surface area contributed by atoms with Crippen LogP contribution in [0, 0.1) is 5.82 Å². The molecule has 2 aromatic heterocycles. The van der Waals surface area contributed by atoms with Gasteiger partial charge in [0.1, 0.15) is 11.9 Å². The van der Waals surface area contributed by atoms with E-state index in [-0.39, 0.29) is 11.5 Å². The van der Waals surface area contributed by atoms with Gasteiger partial charge in [0, 0.05) is 16.3 Å². The fourth-order valence-corrected chi connectivity index (χ4v) is 3.82. The number of halogens is 4. The van der Waals surface area contributed by atoms with Crippen LogP contribution < -0.4 is 10.6 Å². The first-order valence-corrected chi connectivity index (χ1v) is 9.24. The molecule has 3 aromatic rings. The van der Waals surface area contributed by atoms with Gasteiger partial charge in [0.2, 0.25) is 5.95 Å². The summed E-state index contributed by atoms with van der Waals surface area (Å²) in [5.41, 5.74) is 0.876. The number of anilines is 2. The number of rotatable bonds is 3. The van der Waals surface area contributed by atoms with E-state index in [1.165, 1.54) is 35.6 Å². The number of hydrogen-bond acceptors (Lipinski definition) is 5. The van der Waals surface area contributed by atoms with Gasteiger partial charge >= 0.3 is 6.18 Å². The van der Waals surface area contributed by atoms with E-state index in [1.807, 2.05) is 0 Å². The Hall–Kier alpha value is -3.21. The molecule has 0 saturated heterocycles. The van der Waals surface area contributed by atoms with Crippen molar-refractivity contribution in [1.29, 1.82) is 0 Å². The zero-order valence-electron chi connectivity index (χ0n) is 14.8. The first-order chi connectivity index (χ1) is 13.7. The Kier molecular flexibility index (Phi) is 4.61. The summed E-state index contributed by atoms with van der Waals surface area (Å²) < 4.78 is 53.6. The summed E-state index contributed by atoms with van der Waals surface area (Å²) in [7, 11) is 0. The smallest absolute Gasteiger partial charge is 0.328 e. The van der Waals surface area contributed by atoms with Crippen LogP contribution in [0.4, 0.5) is 29.2 Å². The standard InChI is InChI=1S/C18H13F4N5OS/c1-9-13(15(28)24-11-6-4-10(19)5-7-11)14(12-3-2-8-29-12)27-17(23-9)25-16(26-27)18(20,21)22/h2-8,14H,1H3,(H,24,28)(H,23,25,26). The molecular weight excluding hydrogens is 410 g/mol. The number of allylic oxidation sites excluding steroid dienone is 1. The number of alkyl halides is 3. The molecule has 1 unspecified atom stereocenters. The van der Waals surface area contributed by atoms with Crippen molar-refractivity contribution in [1.82, 2.24) is 14.8 Å². The summed E-state index contributed by atoms with van der Waals surface area (Å²) in [6.45, 7) is 1.58. The number of hydrogen-bond donors (Lipinski definition) is 2. The second-order valence-corrected chi connectivity index (χ2v) is 7.22. The second-order valence-electron chi connectivity index (χ2n) is 6.24. The number of nitrogens with one attached hydrogen (secondary N) is 2. The Morgan fingerprint density at radius 3 is 2.59 bits per heavy atom. The first-order valence-electron chi connectivity index (χ1n) is 8.36. The van der Waals surface area contributed by atoms with Crippen LogP contribution in [0.2, 0.25) is 0 Å². The number of amides is 1. The normalized spacial score (nSPS) is 16.4. The lowest BCUT2D eigenvalue weighted by molar-refractivity contribution is -0.145. The average molecular weight is 423 g/mol. The fraction of sp³-hybridized carbons (Fsp3) is 0.167. The summed E-state index contributed by atoms with van der Waals surface area (Å²) in [6, 6.07) is 7.71. The maximum absolute atomic E-state index is 13.1. The van der Waals surface area contributed by atoms with Crippen LogP contribution in [-0.2, 0) is 11.0 Å². The van der Waals surface area contributed by atoms with Gasteiger partial charge in [0.05, 0.1) is 5.57 Å². The second kappa shape index (κ2) is 6.99. The van der Waals surface area contributed by atoms with E-state index in [9.17, 15) is 22.4 Å². The molecule has 11 heteroatoms. The molecule has 1 amide bonds. The van der Waals surface area contributed by atoms with Crippen LogP contribution in [0.1, 0.15) is 23.7 Å². The molecule has 3 heterocycles. The third-order valence-electron chi connectivity index (χ3n) is 4.27. The maximum Gasteiger partial charge on any atom is 0.453 e. The number of fused-ring (bicyclic) bond motifs is 1. The molecule has 0 bridgehead atoms. The highest BCUT2D eigenvalue weighted by molar-refractivity contribution is 7.10. The summed E-state index contributed by atoms with van der Waals surface area (Å²) in [4.78, 5) is 17.2. The van der Waals surface area contributed by atoms with Crippen LogP contribution in [0.5, 0.6) is 0 Å². The van der Waals surface area contributed by atoms with E-state index in [1.54, 1.807) is 24.4 Å². The van der Waals surface area contributed by atoms with Gasteiger partial charge < -0.3 is 10.6 Å².